The summed E-state index contributed by atoms with van der Waals surface area (Å²) < 4.78 is 13.3. The highest BCUT2D eigenvalue weighted by molar-refractivity contribution is 6.18. The van der Waals surface area contributed by atoms with Gasteiger partial charge in [-0.05, 0) is 36.2 Å². The van der Waals surface area contributed by atoms with Crippen molar-refractivity contribution in [2.75, 3.05) is 12.4 Å². The summed E-state index contributed by atoms with van der Waals surface area (Å²) in [7, 11) is 0. The van der Waals surface area contributed by atoms with Gasteiger partial charge in [-0.15, -0.1) is 11.6 Å². The van der Waals surface area contributed by atoms with E-state index in [2.05, 4.69) is 0 Å². The molecule has 2 aromatic carbocycles. The second kappa shape index (κ2) is 7.23. The van der Waals surface area contributed by atoms with Gasteiger partial charge in [0, 0.05) is 24.5 Å². The summed E-state index contributed by atoms with van der Waals surface area (Å²) >= 11 is 5.80. The smallest absolute Gasteiger partial charge is 0.254 e. The lowest BCUT2D eigenvalue weighted by Gasteiger charge is -2.22. The monoisotopic (exact) mass is 305 g/mol. The van der Waals surface area contributed by atoms with Gasteiger partial charge >= 0.3 is 0 Å². The Bertz CT molecular complexity index is 615. The minimum absolute atomic E-state index is 0.136. The van der Waals surface area contributed by atoms with Crippen LogP contribution in [0.1, 0.15) is 21.5 Å². The van der Waals surface area contributed by atoms with E-state index in [1.165, 1.54) is 12.1 Å². The molecule has 4 heteroatoms. The predicted molar refractivity (Wildman–Crippen MR) is 83.0 cm³/mol. The standard InChI is InChI=1S/C17H17ClFNO/c1-13-11-15(7-8-16(13)19)17(21)20(10-9-18)12-14-5-3-2-4-6-14/h2-8,11H,9-10,12H2,1H3. The lowest BCUT2D eigenvalue weighted by atomic mass is 10.1. The first-order chi connectivity index (χ1) is 10.1. The minimum atomic E-state index is -0.307. The second-order valence-electron chi connectivity index (χ2n) is 4.87. The van der Waals surface area contributed by atoms with E-state index in [0.717, 1.165) is 5.56 Å². The lowest BCUT2D eigenvalue weighted by molar-refractivity contribution is 0.0753. The Morgan fingerprint density at radius 3 is 2.52 bits per heavy atom. The van der Waals surface area contributed by atoms with Crippen LogP contribution in [-0.4, -0.2) is 23.2 Å². The summed E-state index contributed by atoms with van der Waals surface area (Å²) in [5, 5.41) is 0. The highest BCUT2D eigenvalue weighted by atomic mass is 35.5. The summed E-state index contributed by atoms with van der Waals surface area (Å²) in [6.07, 6.45) is 0. The second-order valence-corrected chi connectivity index (χ2v) is 5.24. The van der Waals surface area contributed by atoms with E-state index in [1.807, 2.05) is 30.3 Å². The van der Waals surface area contributed by atoms with Crippen molar-refractivity contribution in [1.29, 1.82) is 0 Å². The molecule has 2 nitrogen and oxygen atoms in total. The van der Waals surface area contributed by atoms with Crippen molar-refractivity contribution in [2.45, 2.75) is 13.5 Å². The maximum atomic E-state index is 13.3. The molecule has 2 aromatic rings. The van der Waals surface area contributed by atoms with Crippen LogP contribution in [0.5, 0.6) is 0 Å². The van der Waals surface area contributed by atoms with Crippen molar-refractivity contribution in [1.82, 2.24) is 4.90 Å². The van der Waals surface area contributed by atoms with Crippen LogP contribution in [0.25, 0.3) is 0 Å². The van der Waals surface area contributed by atoms with E-state index in [0.29, 0.717) is 30.1 Å². The summed E-state index contributed by atoms with van der Waals surface area (Å²) in [6, 6.07) is 14.1. The molecular weight excluding hydrogens is 289 g/mol. The third-order valence-corrected chi connectivity index (χ3v) is 3.43. The van der Waals surface area contributed by atoms with Crippen molar-refractivity contribution >= 4 is 17.5 Å². The molecule has 110 valence electrons. The first-order valence-corrected chi connectivity index (χ1v) is 7.30. The van der Waals surface area contributed by atoms with Gasteiger partial charge in [0.15, 0.2) is 0 Å². The van der Waals surface area contributed by atoms with Gasteiger partial charge in [-0.2, -0.15) is 0 Å². The molecule has 0 aromatic heterocycles. The van der Waals surface area contributed by atoms with Gasteiger partial charge in [-0.3, -0.25) is 4.79 Å². The van der Waals surface area contributed by atoms with Gasteiger partial charge in [0.05, 0.1) is 0 Å². The number of carbonyl (C=O) groups is 1. The van der Waals surface area contributed by atoms with Crippen molar-refractivity contribution in [3.05, 3.63) is 71.0 Å². The highest BCUT2D eigenvalue weighted by Crippen LogP contribution is 2.14. The van der Waals surface area contributed by atoms with Crippen LogP contribution >= 0.6 is 11.6 Å². The number of benzene rings is 2. The fourth-order valence-electron chi connectivity index (χ4n) is 2.12. The van der Waals surface area contributed by atoms with Crippen LogP contribution in [0.4, 0.5) is 4.39 Å². The summed E-state index contributed by atoms with van der Waals surface area (Å²) in [6.45, 7) is 2.59. The molecule has 0 aliphatic rings. The van der Waals surface area contributed by atoms with Crippen LogP contribution in [0.15, 0.2) is 48.5 Å². The molecule has 0 fully saturated rings. The molecule has 0 atom stereocenters. The topological polar surface area (TPSA) is 20.3 Å². The Balaban J connectivity index is 2.20. The Labute approximate surface area is 129 Å². The van der Waals surface area contributed by atoms with Crippen LogP contribution in [0, 0.1) is 12.7 Å². The molecule has 0 heterocycles. The number of nitrogens with zero attached hydrogens (tertiary/aromatic N) is 1. The molecule has 0 saturated carbocycles. The van der Waals surface area contributed by atoms with Crippen molar-refractivity contribution in [3.63, 3.8) is 0 Å². The van der Waals surface area contributed by atoms with Crippen molar-refractivity contribution in [3.8, 4) is 0 Å². The highest BCUT2D eigenvalue weighted by Gasteiger charge is 2.16. The first-order valence-electron chi connectivity index (χ1n) is 6.77. The van der Waals surface area contributed by atoms with Crippen LogP contribution in [0.3, 0.4) is 0 Å². The summed E-state index contributed by atoms with van der Waals surface area (Å²) in [4.78, 5) is 14.2. The third-order valence-electron chi connectivity index (χ3n) is 3.26. The fourth-order valence-corrected chi connectivity index (χ4v) is 2.32. The van der Waals surface area contributed by atoms with Crippen LogP contribution in [-0.2, 0) is 6.54 Å². The summed E-state index contributed by atoms with van der Waals surface area (Å²) in [5.74, 6) is -0.0835. The predicted octanol–water partition coefficient (Wildman–Crippen LogP) is 4.02. The van der Waals surface area contributed by atoms with E-state index < -0.39 is 0 Å². The minimum Gasteiger partial charge on any atom is -0.333 e. The largest absolute Gasteiger partial charge is 0.333 e. The van der Waals surface area contributed by atoms with Gasteiger partial charge in [0.25, 0.3) is 5.91 Å². The van der Waals surface area contributed by atoms with Gasteiger partial charge in [0.1, 0.15) is 5.82 Å². The first kappa shape index (κ1) is 15.5. The SMILES string of the molecule is Cc1cc(C(=O)N(CCCl)Cc2ccccc2)ccc1F. The average Bonchev–Trinajstić information content (AvgIpc) is 2.50. The molecule has 1 amide bonds. The molecule has 21 heavy (non-hydrogen) atoms. The van der Waals surface area contributed by atoms with Gasteiger partial charge in [-0.1, -0.05) is 30.3 Å². The number of hydrogen-bond acceptors (Lipinski definition) is 1. The normalized spacial score (nSPS) is 10.4. The fraction of sp³-hybridized carbons (Fsp3) is 0.235. The van der Waals surface area contributed by atoms with E-state index in [1.54, 1.807) is 17.9 Å². The maximum absolute atomic E-state index is 13.3. The average molecular weight is 306 g/mol. The number of halogens is 2. The Hall–Kier alpha value is -1.87. The van der Waals surface area contributed by atoms with Crippen molar-refractivity contribution in [2.24, 2.45) is 0 Å². The molecule has 0 unspecified atom stereocenters. The molecular formula is C17H17ClFNO. The number of amides is 1. The lowest BCUT2D eigenvalue weighted by Crippen LogP contribution is -2.32. The molecule has 0 aliphatic heterocycles. The van der Waals surface area contributed by atoms with E-state index in [9.17, 15) is 9.18 Å². The van der Waals surface area contributed by atoms with E-state index >= 15 is 0 Å². The number of rotatable bonds is 5. The summed E-state index contributed by atoms with van der Waals surface area (Å²) in [5.41, 5.74) is 1.98. The Morgan fingerprint density at radius 1 is 1.19 bits per heavy atom. The van der Waals surface area contributed by atoms with Crippen LogP contribution < -0.4 is 0 Å². The molecule has 0 N–H and O–H groups in total. The zero-order valence-electron chi connectivity index (χ0n) is 11.9. The molecule has 0 bridgehead atoms. The van der Waals surface area contributed by atoms with E-state index in [4.69, 9.17) is 11.6 Å². The Morgan fingerprint density at radius 2 is 1.90 bits per heavy atom. The number of carbonyl (C=O) groups excluding carboxylic acids is 1. The van der Waals surface area contributed by atoms with E-state index in [-0.39, 0.29) is 11.7 Å². The third kappa shape index (κ3) is 4.05. The molecule has 0 saturated heterocycles. The number of hydrogen-bond donors (Lipinski definition) is 0. The van der Waals surface area contributed by atoms with Gasteiger partial charge in [-0.25, -0.2) is 4.39 Å². The Kier molecular flexibility index (Phi) is 5.34. The maximum Gasteiger partial charge on any atom is 0.254 e. The molecule has 0 radical (unpaired) electrons. The van der Waals surface area contributed by atoms with Gasteiger partial charge < -0.3 is 4.90 Å². The molecule has 2 rings (SSSR count). The zero-order valence-corrected chi connectivity index (χ0v) is 12.6. The number of aryl methyl sites for hydroxylation is 1. The quantitative estimate of drug-likeness (QED) is 0.764. The van der Waals surface area contributed by atoms with Gasteiger partial charge in [0.2, 0.25) is 0 Å². The molecule has 0 spiro atoms. The van der Waals surface area contributed by atoms with Crippen LogP contribution in [0.2, 0.25) is 0 Å². The van der Waals surface area contributed by atoms with Crippen molar-refractivity contribution < 1.29 is 9.18 Å². The number of alkyl halides is 1. The molecule has 0 aliphatic carbocycles. The zero-order chi connectivity index (χ0) is 15.2.